The zero-order valence-corrected chi connectivity index (χ0v) is 10.7. The molecule has 1 aliphatic rings. The van der Waals surface area contributed by atoms with E-state index in [0.29, 0.717) is 26.1 Å². The van der Waals surface area contributed by atoms with Gasteiger partial charge in [0.15, 0.2) is 0 Å². The summed E-state index contributed by atoms with van der Waals surface area (Å²) in [5.41, 5.74) is 0. The van der Waals surface area contributed by atoms with Gasteiger partial charge in [0.05, 0.1) is 32.7 Å². The molecule has 0 spiro atoms. The molecule has 7 heteroatoms. The predicted molar refractivity (Wildman–Crippen MR) is 64.1 cm³/mol. The van der Waals surface area contributed by atoms with Crippen molar-refractivity contribution < 1.29 is 19.1 Å². The zero-order valence-electron chi connectivity index (χ0n) is 9.86. The lowest BCUT2D eigenvalue weighted by Crippen LogP contribution is -2.41. The summed E-state index contributed by atoms with van der Waals surface area (Å²) < 4.78 is 9.84. The summed E-state index contributed by atoms with van der Waals surface area (Å²) in [5, 5.41) is 5.79. The molecule has 0 saturated carbocycles. The molecule has 17 heavy (non-hydrogen) atoms. The second-order valence-corrected chi connectivity index (χ2v) is 3.58. The molecule has 1 fully saturated rings. The number of hydrogen-bond donors (Lipinski definition) is 2. The molecule has 1 atom stereocenters. The Labute approximate surface area is 107 Å². The van der Waals surface area contributed by atoms with Gasteiger partial charge in [-0.15, -0.1) is 12.4 Å². The number of esters is 1. The maximum atomic E-state index is 11.4. The first-order valence-corrected chi connectivity index (χ1v) is 5.38. The van der Waals surface area contributed by atoms with E-state index in [0.717, 1.165) is 6.54 Å². The highest BCUT2D eigenvalue weighted by atomic mass is 35.5. The van der Waals surface area contributed by atoms with Gasteiger partial charge in [-0.1, -0.05) is 0 Å². The maximum Gasteiger partial charge on any atom is 0.307 e. The standard InChI is InChI=1S/C10H18N2O4.ClH/c1-15-10(14)2-3-12-9(13)6-8-7-11-4-5-16-8;/h8,11H,2-7H2,1H3,(H,12,13);1H. The molecule has 2 N–H and O–H groups in total. The Kier molecular flexibility index (Phi) is 8.75. The van der Waals surface area contributed by atoms with Crippen LogP contribution in [-0.4, -0.2) is 51.3 Å². The number of carbonyl (C=O) groups is 2. The predicted octanol–water partition coefficient (Wildman–Crippen LogP) is -0.534. The van der Waals surface area contributed by atoms with E-state index in [2.05, 4.69) is 15.4 Å². The van der Waals surface area contributed by atoms with Crippen LogP contribution in [0, 0.1) is 0 Å². The molecule has 6 nitrogen and oxygen atoms in total. The van der Waals surface area contributed by atoms with Gasteiger partial charge in [-0.3, -0.25) is 9.59 Å². The highest BCUT2D eigenvalue weighted by Crippen LogP contribution is 2.00. The van der Waals surface area contributed by atoms with E-state index in [4.69, 9.17) is 4.74 Å². The van der Waals surface area contributed by atoms with E-state index >= 15 is 0 Å². The van der Waals surface area contributed by atoms with Gasteiger partial charge in [0.25, 0.3) is 0 Å². The third-order valence-electron chi connectivity index (χ3n) is 2.30. The van der Waals surface area contributed by atoms with Gasteiger partial charge in [0.1, 0.15) is 0 Å². The number of morpholine rings is 1. The summed E-state index contributed by atoms with van der Waals surface area (Å²) >= 11 is 0. The van der Waals surface area contributed by atoms with Crippen molar-refractivity contribution in [3.05, 3.63) is 0 Å². The van der Waals surface area contributed by atoms with Crippen LogP contribution in [0.25, 0.3) is 0 Å². The van der Waals surface area contributed by atoms with Crippen LogP contribution < -0.4 is 10.6 Å². The van der Waals surface area contributed by atoms with Crippen LogP contribution >= 0.6 is 12.4 Å². The minimum Gasteiger partial charge on any atom is -0.469 e. The van der Waals surface area contributed by atoms with Crippen LogP contribution in [-0.2, 0) is 19.1 Å². The van der Waals surface area contributed by atoms with Crippen LogP contribution in [0.2, 0.25) is 0 Å². The number of nitrogens with one attached hydrogen (secondary N) is 2. The van der Waals surface area contributed by atoms with Crippen LogP contribution in [0.1, 0.15) is 12.8 Å². The van der Waals surface area contributed by atoms with Crippen molar-refractivity contribution in [2.45, 2.75) is 18.9 Å². The van der Waals surface area contributed by atoms with Crippen molar-refractivity contribution in [2.24, 2.45) is 0 Å². The van der Waals surface area contributed by atoms with Crippen LogP contribution in [0.5, 0.6) is 0 Å². The van der Waals surface area contributed by atoms with E-state index in [-0.39, 0.29) is 36.8 Å². The van der Waals surface area contributed by atoms with Gasteiger partial charge in [0.2, 0.25) is 5.91 Å². The monoisotopic (exact) mass is 266 g/mol. The summed E-state index contributed by atoms with van der Waals surface area (Å²) in [4.78, 5) is 22.2. The summed E-state index contributed by atoms with van der Waals surface area (Å²) in [6, 6.07) is 0. The molecule has 1 saturated heterocycles. The van der Waals surface area contributed by atoms with Gasteiger partial charge >= 0.3 is 5.97 Å². The molecular weight excluding hydrogens is 248 g/mol. The Morgan fingerprint density at radius 2 is 2.29 bits per heavy atom. The highest BCUT2D eigenvalue weighted by molar-refractivity contribution is 5.85. The third kappa shape index (κ3) is 7.14. The largest absolute Gasteiger partial charge is 0.469 e. The molecule has 1 aliphatic heterocycles. The fourth-order valence-corrected chi connectivity index (χ4v) is 1.44. The van der Waals surface area contributed by atoms with E-state index < -0.39 is 0 Å². The molecule has 0 aromatic rings. The van der Waals surface area contributed by atoms with Gasteiger partial charge < -0.3 is 20.1 Å². The van der Waals surface area contributed by atoms with E-state index in [1.165, 1.54) is 7.11 Å². The van der Waals surface area contributed by atoms with Gasteiger partial charge in [-0.2, -0.15) is 0 Å². The first kappa shape index (κ1) is 16.1. The number of methoxy groups -OCH3 is 1. The number of amides is 1. The fraction of sp³-hybridized carbons (Fsp3) is 0.800. The second-order valence-electron chi connectivity index (χ2n) is 3.58. The van der Waals surface area contributed by atoms with Crippen molar-refractivity contribution in [1.82, 2.24) is 10.6 Å². The van der Waals surface area contributed by atoms with Gasteiger partial charge in [0, 0.05) is 19.6 Å². The van der Waals surface area contributed by atoms with Gasteiger partial charge in [-0.25, -0.2) is 0 Å². The summed E-state index contributed by atoms with van der Waals surface area (Å²) in [6.45, 7) is 2.48. The van der Waals surface area contributed by atoms with E-state index in [9.17, 15) is 9.59 Å². The van der Waals surface area contributed by atoms with Crippen LogP contribution in [0.4, 0.5) is 0 Å². The zero-order chi connectivity index (χ0) is 11.8. The molecule has 0 aliphatic carbocycles. The highest BCUT2D eigenvalue weighted by Gasteiger charge is 2.16. The first-order chi connectivity index (χ1) is 7.72. The van der Waals surface area contributed by atoms with Gasteiger partial charge in [-0.05, 0) is 0 Å². The third-order valence-corrected chi connectivity index (χ3v) is 2.30. The Morgan fingerprint density at radius 1 is 1.53 bits per heavy atom. The van der Waals surface area contributed by atoms with Crippen LogP contribution in [0.3, 0.4) is 0 Å². The van der Waals surface area contributed by atoms with Crippen molar-refractivity contribution in [2.75, 3.05) is 33.4 Å². The molecule has 100 valence electrons. The SMILES string of the molecule is COC(=O)CCNC(=O)CC1CNCCO1.Cl. The Bertz CT molecular complexity index is 244. The lowest BCUT2D eigenvalue weighted by molar-refractivity contribution is -0.140. The average Bonchev–Trinajstić information content (AvgIpc) is 2.30. The van der Waals surface area contributed by atoms with Crippen molar-refractivity contribution in [1.29, 1.82) is 0 Å². The first-order valence-electron chi connectivity index (χ1n) is 5.38. The molecular formula is C10H19ClN2O4. The molecule has 0 bridgehead atoms. The minimum atomic E-state index is -0.323. The Hall–Kier alpha value is -0.850. The van der Waals surface area contributed by atoms with Crippen molar-refractivity contribution in [3.63, 3.8) is 0 Å². The maximum absolute atomic E-state index is 11.4. The summed E-state index contributed by atoms with van der Waals surface area (Å²) in [5.74, 6) is -0.423. The number of rotatable bonds is 5. The quantitative estimate of drug-likeness (QED) is 0.654. The summed E-state index contributed by atoms with van der Waals surface area (Å²) in [6.07, 6.45) is 0.465. The van der Waals surface area contributed by atoms with E-state index in [1.54, 1.807) is 0 Å². The molecule has 0 radical (unpaired) electrons. The second kappa shape index (κ2) is 9.21. The molecule has 1 rings (SSSR count). The lowest BCUT2D eigenvalue weighted by Gasteiger charge is -2.22. The smallest absolute Gasteiger partial charge is 0.307 e. The van der Waals surface area contributed by atoms with Crippen molar-refractivity contribution >= 4 is 24.3 Å². The molecule has 0 aromatic heterocycles. The lowest BCUT2D eigenvalue weighted by atomic mass is 10.2. The average molecular weight is 267 g/mol. The Balaban J connectivity index is 0.00000256. The van der Waals surface area contributed by atoms with Crippen molar-refractivity contribution in [3.8, 4) is 0 Å². The Morgan fingerprint density at radius 3 is 2.88 bits per heavy atom. The summed E-state index contributed by atoms with van der Waals surface area (Å²) in [7, 11) is 1.33. The fourth-order valence-electron chi connectivity index (χ4n) is 1.44. The molecule has 1 unspecified atom stereocenters. The topological polar surface area (TPSA) is 76.7 Å². The van der Waals surface area contributed by atoms with E-state index in [1.807, 2.05) is 0 Å². The van der Waals surface area contributed by atoms with Crippen LogP contribution in [0.15, 0.2) is 0 Å². The normalized spacial score (nSPS) is 19.0. The molecule has 0 aromatic carbocycles. The number of hydrogen-bond acceptors (Lipinski definition) is 5. The number of ether oxygens (including phenoxy) is 2. The minimum absolute atomic E-state index is 0. The molecule has 1 heterocycles. The number of halogens is 1. The molecule has 1 amide bonds. The number of carbonyl (C=O) groups excluding carboxylic acids is 2.